The minimum Gasteiger partial charge on any atom is -0.352 e. The average Bonchev–Trinajstić information content (AvgIpc) is 2.38. The van der Waals surface area contributed by atoms with E-state index in [2.05, 4.69) is 9.88 Å². The Balaban J connectivity index is 2.25. The summed E-state index contributed by atoms with van der Waals surface area (Å²) < 4.78 is 22.4. The van der Waals surface area contributed by atoms with Crippen LogP contribution in [0.5, 0.6) is 0 Å². The number of hydrogen-bond donors (Lipinski definition) is 2. The van der Waals surface area contributed by atoms with Crippen molar-refractivity contribution in [2.24, 2.45) is 10.9 Å². The third-order valence-corrected chi connectivity index (χ3v) is 4.40. The number of aromatic nitrogens is 1. The molecule has 2 heterocycles. The number of primary sulfonamides is 1. The van der Waals surface area contributed by atoms with Crippen LogP contribution < -0.4 is 15.8 Å². The second kappa shape index (κ2) is 5.44. The van der Waals surface area contributed by atoms with E-state index in [-0.39, 0.29) is 17.0 Å². The Bertz CT molecular complexity index is 527. The Morgan fingerprint density at radius 3 is 2.68 bits per heavy atom. The third kappa shape index (κ3) is 3.23. The molecule has 0 amide bonds. The maximum atomic E-state index is 11.2. The standard InChI is InChI=1S/C12H20N4O2S/c1-9(13)11-4-2-3-7-16(11)12-6-5-10(8-15-12)19(14,17)18/h5-6,8-9,11H,2-4,7,13H2,1H3,(H2,14,17,18). The quantitative estimate of drug-likeness (QED) is 0.838. The number of nitrogens with two attached hydrogens (primary N) is 2. The lowest BCUT2D eigenvalue weighted by molar-refractivity contribution is 0.411. The molecule has 1 aliphatic heterocycles. The molecule has 0 bridgehead atoms. The molecule has 0 radical (unpaired) electrons. The smallest absolute Gasteiger partial charge is 0.239 e. The number of hydrogen-bond acceptors (Lipinski definition) is 5. The highest BCUT2D eigenvalue weighted by Crippen LogP contribution is 2.25. The molecule has 2 atom stereocenters. The minimum atomic E-state index is -3.69. The summed E-state index contributed by atoms with van der Waals surface area (Å²) in [7, 11) is -3.69. The van der Waals surface area contributed by atoms with Crippen molar-refractivity contribution in [3.8, 4) is 0 Å². The lowest BCUT2D eigenvalue weighted by Gasteiger charge is -2.38. The van der Waals surface area contributed by atoms with Gasteiger partial charge in [-0.05, 0) is 38.3 Å². The lowest BCUT2D eigenvalue weighted by atomic mass is 9.97. The van der Waals surface area contributed by atoms with Gasteiger partial charge in [0.15, 0.2) is 0 Å². The number of rotatable bonds is 3. The van der Waals surface area contributed by atoms with Gasteiger partial charge in [0.05, 0.1) is 0 Å². The minimum absolute atomic E-state index is 0.0330. The van der Waals surface area contributed by atoms with Crippen molar-refractivity contribution < 1.29 is 8.42 Å². The summed E-state index contributed by atoms with van der Waals surface area (Å²) >= 11 is 0. The highest BCUT2D eigenvalue weighted by molar-refractivity contribution is 7.89. The molecule has 2 unspecified atom stereocenters. The van der Waals surface area contributed by atoms with E-state index in [0.717, 1.165) is 31.6 Å². The molecule has 0 saturated carbocycles. The molecule has 0 aromatic carbocycles. The SMILES string of the molecule is CC(N)C1CCCCN1c1ccc(S(N)(=O)=O)cn1. The fraction of sp³-hybridized carbons (Fsp3) is 0.583. The summed E-state index contributed by atoms with van der Waals surface area (Å²) in [6, 6.07) is 3.49. The Morgan fingerprint density at radius 1 is 1.42 bits per heavy atom. The van der Waals surface area contributed by atoms with Crippen LogP contribution in [0, 0.1) is 0 Å². The number of pyridine rings is 1. The van der Waals surface area contributed by atoms with Crippen LogP contribution in [-0.4, -0.2) is 32.0 Å². The molecule has 1 aromatic rings. The van der Waals surface area contributed by atoms with Crippen molar-refractivity contribution in [1.29, 1.82) is 0 Å². The fourth-order valence-electron chi connectivity index (χ4n) is 2.50. The van der Waals surface area contributed by atoms with Crippen LogP contribution in [0.15, 0.2) is 23.2 Å². The lowest BCUT2D eigenvalue weighted by Crippen LogP contribution is -2.49. The average molecular weight is 284 g/mol. The third-order valence-electron chi connectivity index (χ3n) is 3.50. The van der Waals surface area contributed by atoms with Crippen molar-refractivity contribution in [3.63, 3.8) is 0 Å². The van der Waals surface area contributed by atoms with E-state index >= 15 is 0 Å². The van der Waals surface area contributed by atoms with Gasteiger partial charge in [0, 0.05) is 24.8 Å². The Kier molecular flexibility index (Phi) is 4.07. The molecule has 6 nitrogen and oxygen atoms in total. The van der Waals surface area contributed by atoms with Gasteiger partial charge in [-0.25, -0.2) is 18.5 Å². The van der Waals surface area contributed by atoms with Crippen LogP contribution in [0.3, 0.4) is 0 Å². The first-order valence-electron chi connectivity index (χ1n) is 6.40. The molecule has 1 saturated heterocycles. The predicted octanol–water partition coefficient (Wildman–Crippen LogP) is 0.435. The second-order valence-electron chi connectivity index (χ2n) is 5.01. The van der Waals surface area contributed by atoms with Crippen molar-refractivity contribution >= 4 is 15.8 Å². The van der Waals surface area contributed by atoms with E-state index in [0.29, 0.717) is 0 Å². The van der Waals surface area contributed by atoms with Gasteiger partial charge in [-0.2, -0.15) is 0 Å². The largest absolute Gasteiger partial charge is 0.352 e. The first-order valence-corrected chi connectivity index (χ1v) is 7.95. The summed E-state index contributed by atoms with van der Waals surface area (Å²) in [5.74, 6) is 0.759. The number of sulfonamides is 1. The maximum Gasteiger partial charge on any atom is 0.239 e. The van der Waals surface area contributed by atoms with Crippen molar-refractivity contribution in [3.05, 3.63) is 18.3 Å². The number of anilines is 1. The fourth-order valence-corrected chi connectivity index (χ4v) is 2.96. The first kappa shape index (κ1) is 14.2. The van der Waals surface area contributed by atoms with E-state index in [1.807, 2.05) is 6.92 Å². The highest BCUT2D eigenvalue weighted by atomic mass is 32.2. The van der Waals surface area contributed by atoms with Crippen LogP contribution in [0.2, 0.25) is 0 Å². The van der Waals surface area contributed by atoms with Crippen molar-refractivity contribution in [1.82, 2.24) is 4.98 Å². The van der Waals surface area contributed by atoms with Crippen LogP contribution in [0.25, 0.3) is 0 Å². The Morgan fingerprint density at radius 2 is 2.16 bits per heavy atom. The molecule has 4 N–H and O–H groups in total. The van der Waals surface area contributed by atoms with Gasteiger partial charge in [0.2, 0.25) is 10.0 Å². The zero-order valence-electron chi connectivity index (χ0n) is 11.0. The number of piperidine rings is 1. The highest BCUT2D eigenvalue weighted by Gasteiger charge is 2.26. The zero-order valence-corrected chi connectivity index (χ0v) is 11.8. The van der Waals surface area contributed by atoms with E-state index < -0.39 is 10.0 Å². The van der Waals surface area contributed by atoms with Crippen LogP contribution >= 0.6 is 0 Å². The van der Waals surface area contributed by atoms with Gasteiger partial charge in [-0.15, -0.1) is 0 Å². The first-order chi connectivity index (χ1) is 8.89. The normalized spacial score (nSPS) is 22.3. The predicted molar refractivity (Wildman–Crippen MR) is 74.2 cm³/mol. The van der Waals surface area contributed by atoms with E-state index in [1.54, 1.807) is 6.07 Å². The molecule has 7 heteroatoms. The maximum absolute atomic E-state index is 11.2. The zero-order chi connectivity index (χ0) is 14.0. The van der Waals surface area contributed by atoms with E-state index in [4.69, 9.17) is 10.9 Å². The molecule has 1 fully saturated rings. The molecule has 1 aromatic heterocycles. The molecule has 0 spiro atoms. The van der Waals surface area contributed by atoms with Gasteiger partial charge in [0.1, 0.15) is 10.7 Å². The summed E-state index contributed by atoms with van der Waals surface area (Å²) in [5.41, 5.74) is 6.01. The van der Waals surface area contributed by atoms with Crippen LogP contribution in [-0.2, 0) is 10.0 Å². The molecule has 19 heavy (non-hydrogen) atoms. The summed E-state index contributed by atoms with van der Waals surface area (Å²) in [6.07, 6.45) is 4.60. The van der Waals surface area contributed by atoms with Crippen LogP contribution in [0.1, 0.15) is 26.2 Å². The van der Waals surface area contributed by atoms with E-state index in [1.165, 1.54) is 12.3 Å². The summed E-state index contributed by atoms with van der Waals surface area (Å²) in [4.78, 5) is 6.40. The van der Waals surface area contributed by atoms with Crippen molar-refractivity contribution in [2.45, 2.75) is 43.2 Å². The topological polar surface area (TPSA) is 102 Å². The second-order valence-corrected chi connectivity index (χ2v) is 6.57. The summed E-state index contributed by atoms with van der Waals surface area (Å²) in [6.45, 7) is 2.88. The monoisotopic (exact) mass is 284 g/mol. The molecule has 2 rings (SSSR count). The van der Waals surface area contributed by atoms with Crippen molar-refractivity contribution in [2.75, 3.05) is 11.4 Å². The molecular formula is C12H20N4O2S. The molecular weight excluding hydrogens is 264 g/mol. The van der Waals surface area contributed by atoms with E-state index in [9.17, 15) is 8.42 Å². The molecule has 0 aliphatic carbocycles. The van der Waals surface area contributed by atoms with Gasteiger partial charge in [-0.3, -0.25) is 0 Å². The van der Waals surface area contributed by atoms with Gasteiger partial charge >= 0.3 is 0 Å². The Hall–Kier alpha value is -1.18. The van der Waals surface area contributed by atoms with Crippen LogP contribution in [0.4, 0.5) is 5.82 Å². The molecule has 1 aliphatic rings. The van der Waals surface area contributed by atoms with Gasteiger partial charge in [0.25, 0.3) is 0 Å². The van der Waals surface area contributed by atoms with Gasteiger partial charge < -0.3 is 10.6 Å². The number of nitrogens with zero attached hydrogens (tertiary/aromatic N) is 2. The Labute approximate surface area is 113 Å². The summed E-state index contributed by atoms with van der Waals surface area (Å²) in [5, 5.41) is 5.06. The molecule has 106 valence electrons. The van der Waals surface area contributed by atoms with Gasteiger partial charge in [-0.1, -0.05) is 0 Å².